The smallest absolute Gasteiger partial charge is 0.00191 e. The molecule has 0 aromatic heterocycles. The van der Waals surface area contributed by atoms with Gasteiger partial charge in [-0.3, -0.25) is 0 Å². The molecule has 0 spiro atoms. The van der Waals surface area contributed by atoms with E-state index in [2.05, 4.69) is 18.7 Å². The summed E-state index contributed by atoms with van der Waals surface area (Å²) in [7, 11) is 0. The van der Waals surface area contributed by atoms with Crippen LogP contribution in [0.15, 0.2) is 0 Å². The molecule has 2 nitrogen and oxygen atoms in total. The Hall–Kier alpha value is -0.0800. The van der Waals surface area contributed by atoms with Crippen LogP contribution in [-0.4, -0.2) is 31.1 Å². The van der Waals surface area contributed by atoms with Crippen molar-refractivity contribution in [3.8, 4) is 0 Å². The molecule has 0 aliphatic heterocycles. The third kappa shape index (κ3) is 3.65. The van der Waals surface area contributed by atoms with Gasteiger partial charge in [0.1, 0.15) is 0 Å². The van der Waals surface area contributed by atoms with E-state index in [0.29, 0.717) is 5.92 Å². The molecule has 0 bridgehead atoms. The zero-order chi connectivity index (χ0) is 9.68. The highest BCUT2D eigenvalue weighted by Gasteiger charge is 2.20. The quantitative estimate of drug-likeness (QED) is 0.681. The third-order valence-corrected chi connectivity index (χ3v) is 3.16. The van der Waals surface area contributed by atoms with Crippen molar-refractivity contribution in [1.82, 2.24) is 4.90 Å². The van der Waals surface area contributed by atoms with E-state index in [4.69, 9.17) is 5.73 Å². The Balaban J connectivity index is 2.16. The Kier molecular flexibility index (Phi) is 4.74. The van der Waals surface area contributed by atoms with Gasteiger partial charge in [-0.05, 0) is 37.8 Å². The fraction of sp³-hybridized carbons (Fsp3) is 1.00. The minimum absolute atomic E-state index is 0.653. The molecule has 2 N–H and O–H groups in total. The highest BCUT2D eigenvalue weighted by atomic mass is 15.1. The molecule has 2 heteroatoms. The first kappa shape index (κ1) is 11.0. The van der Waals surface area contributed by atoms with Crippen LogP contribution in [0.2, 0.25) is 0 Å². The summed E-state index contributed by atoms with van der Waals surface area (Å²) in [6, 6.07) is 0. The van der Waals surface area contributed by atoms with E-state index in [9.17, 15) is 0 Å². The molecule has 1 unspecified atom stereocenters. The maximum atomic E-state index is 5.63. The number of hydrogen-bond donors (Lipinski definition) is 1. The van der Waals surface area contributed by atoms with Crippen molar-refractivity contribution in [2.75, 3.05) is 26.2 Å². The van der Waals surface area contributed by atoms with Gasteiger partial charge >= 0.3 is 0 Å². The average Bonchev–Trinajstić information content (AvgIpc) is 2.08. The van der Waals surface area contributed by atoms with E-state index < -0.39 is 0 Å². The topological polar surface area (TPSA) is 29.3 Å². The van der Waals surface area contributed by atoms with Gasteiger partial charge in [0.15, 0.2) is 0 Å². The predicted molar refractivity (Wildman–Crippen MR) is 57.7 cm³/mol. The Morgan fingerprint density at radius 2 is 2.15 bits per heavy atom. The van der Waals surface area contributed by atoms with Crippen LogP contribution in [0.3, 0.4) is 0 Å². The van der Waals surface area contributed by atoms with E-state index in [1.165, 1.54) is 38.9 Å². The highest BCUT2D eigenvalue weighted by molar-refractivity contribution is 4.74. The molecule has 1 fully saturated rings. The first-order valence-corrected chi connectivity index (χ1v) is 5.68. The van der Waals surface area contributed by atoms with Crippen LogP contribution in [0.4, 0.5) is 0 Å². The van der Waals surface area contributed by atoms with E-state index in [-0.39, 0.29) is 0 Å². The molecule has 1 aliphatic rings. The first-order chi connectivity index (χ1) is 6.26. The van der Waals surface area contributed by atoms with Crippen LogP contribution in [-0.2, 0) is 0 Å². The Bertz CT molecular complexity index is 125. The van der Waals surface area contributed by atoms with Crippen LogP contribution >= 0.6 is 0 Å². The maximum absolute atomic E-state index is 5.63. The molecule has 0 aromatic rings. The molecule has 1 rings (SSSR count). The first-order valence-electron chi connectivity index (χ1n) is 5.68. The maximum Gasteiger partial charge on any atom is 0.00191 e. The summed E-state index contributed by atoms with van der Waals surface area (Å²) in [5.41, 5.74) is 5.63. The van der Waals surface area contributed by atoms with Crippen molar-refractivity contribution in [3.63, 3.8) is 0 Å². The largest absolute Gasteiger partial charge is 0.330 e. The summed E-state index contributed by atoms with van der Waals surface area (Å²) in [5.74, 6) is 1.64. The van der Waals surface area contributed by atoms with Crippen molar-refractivity contribution in [3.05, 3.63) is 0 Å². The predicted octanol–water partition coefficient (Wildman–Crippen LogP) is 1.70. The normalized spacial score (nSPS) is 20.3. The molecule has 1 saturated carbocycles. The number of nitrogens with two attached hydrogens (primary N) is 1. The van der Waals surface area contributed by atoms with Gasteiger partial charge in [-0.1, -0.05) is 20.3 Å². The molecule has 13 heavy (non-hydrogen) atoms. The van der Waals surface area contributed by atoms with Gasteiger partial charge in [0.05, 0.1) is 0 Å². The lowest BCUT2D eigenvalue weighted by Crippen LogP contribution is -2.37. The zero-order valence-electron chi connectivity index (χ0n) is 9.13. The fourth-order valence-corrected chi connectivity index (χ4v) is 1.89. The molecular weight excluding hydrogens is 160 g/mol. The van der Waals surface area contributed by atoms with Crippen molar-refractivity contribution in [2.24, 2.45) is 17.6 Å². The molecule has 0 heterocycles. The molecule has 0 radical (unpaired) electrons. The van der Waals surface area contributed by atoms with Crippen molar-refractivity contribution in [2.45, 2.75) is 33.1 Å². The van der Waals surface area contributed by atoms with E-state index in [1.54, 1.807) is 0 Å². The van der Waals surface area contributed by atoms with Gasteiger partial charge in [0.2, 0.25) is 0 Å². The van der Waals surface area contributed by atoms with Crippen LogP contribution < -0.4 is 5.73 Å². The lowest BCUT2D eigenvalue weighted by molar-refractivity contribution is 0.168. The summed E-state index contributed by atoms with van der Waals surface area (Å²) in [4.78, 5) is 2.56. The minimum atomic E-state index is 0.653. The van der Waals surface area contributed by atoms with Gasteiger partial charge in [-0.2, -0.15) is 0 Å². The molecule has 0 saturated heterocycles. The summed E-state index contributed by atoms with van der Waals surface area (Å²) in [5, 5.41) is 0. The minimum Gasteiger partial charge on any atom is -0.330 e. The summed E-state index contributed by atoms with van der Waals surface area (Å²) in [6.45, 7) is 8.98. The summed E-state index contributed by atoms with van der Waals surface area (Å²) >= 11 is 0. The summed E-state index contributed by atoms with van der Waals surface area (Å²) in [6.07, 6.45) is 4.36. The lowest BCUT2D eigenvalue weighted by Gasteiger charge is -2.32. The number of rotatable bonds is 6. The van der Waals surface area contributed by atoms with Gasteiger partial charge in [0.25, 0.3) is 0 Å². The van der Waals surface area contributed by atoms with Crippen molar-refractivity contribution >= 4 is 0 Å². The summed E-state index contributed by atoms with van der Waals surface area (Å²) < 4.78 is 0. The molecule has 78 valence electrons. The van der Waals surface area contributed by atoms with E-state index in [0.717, 1.165) is 12.5 Å². The highest BCUT2D eigenvalue weighted by Crippen LogP contribution is 2.27. The Labute approximate surface area is 82.5 Å². The van der Waals surface area contributed by atoms with Crippen molar-refractivity contribution < 1.29 is 0 Å². The van der Waals surface area contributed by atoms with Crippen LogP contribution in [0.25, 0.3) is 0 Å². The molecule has 0 aromatic carbocycles. The third-order valence-electron chi connectivity index (χ3n) is 3.16. The van der Waals surface area contributed by atoms with Crippen LogP contribution in [0, 0.1) is 11.8 Å². The van der Waals surface area contributed by atoms with Crippen LogP contribution in [0.5, 0.6) is 0 Å². The van der Waals surface area contributed by atoms with Gasteiger partial charge in [0, 0.05) is 13.1 Å². The lowest BCUT2D eigenvalue weighted by atomic mass is 9.85. The second kappa shape index (κ2) is 5.61. The molecule has 0 amide bonds. The van der Waals surface area contributed by atoms with Gasteiger partial charge in [-0.25, -0.2) is 0 Å². The van der Waals surface area contributed by atoms with Gasteiger partial charge < -0.3 is 10.6 Å². The molecule has 1 aliphatic carbocycles. The van der Waals surface area contributed by atoms with E-state index in [1.807, 2.05) is 0 Å². The average molecular weight is 184 g/mol. The monoisotopic (exact) mass is 184 g/mol. The van der Waals surface area contributed by atoms with E-state index >= 15 is 0 Å². The van der Waals surface area contributed by atoms with Crippen LogP contribution in [0.1, 0.15) is 33.1 Å². The Morgan fingerprint density at radius 1 is 1.46 bits per heavy atom. The fourth-order valence-electron chi connectivity index (χ4n) is 1.89. The standard InChI is InChI=1S/C11H24N2/c1-3-13(8-10(2)7-12)9-11-5-4-6-11/h10-11H,3-9,12H2,1-2H3. The molecular formula is C11H24N2. The number of hydrogen-bond acceptors (Lipinski definition) is 2. The van der Waals surface area contributed by atoms with Crippen molar-refractivity contribution in [1.29, 1.82) is 0 Å². The second-order valence-corrected chi connectivity index (χ2v) is 4.49. The SMILES string of the molecule is CCN(CC(C)CN)CC1CCC1. The molecule has 1 atom stereocenters. The number of nitrogens with zero attached hydrogens (tertiary/aromatic N) is 1. The van der Waals surface area contributed by atoms with Gasteiger partial charge in [-0.15, -0.1) is 0 Å². The second-order valence-electron chi connectivity index (χ2n) is 4.49. The Morgan fingerprint density at radius 3 is 2.54 bits per heavy atom. The zero-order valence-corrected chi connectivity index (χ0v) is 9.13.